The number of ether oxygens (including phenoxy) is 1. The first kappa shape index (κ1) is 12.9. The molecular formula is C12H18N4O2. The van der Waals surface area contributed by atoms with Crippen molar-refractivity contribution in [2.24, 2.45) is 0 Å². The Bertz CT molecular complexity index is 390. The fourth-order valence-electron chi connectivity index (χ4n) is 2.23. The lowest BCUT2D eigenvalue weighted by Crippen LogP contribution is -2.53. The van der Waals surface area contributed by atoms with E-state index in [0.29, 0.717) is 18.8 Å². The van der Waals surface area contributed by atoms with Gasteiger partial charge >= 0.3 is 0 Å². The predicted octanol–water partition coefficient (Wildman–Crippen LogP) is -0.0250. The number of nitrogens with one attached hydrogen (secondary N) is 2. The second kappa shape index (κ2) is 5.88. The zero-order valence-electron chi connectivity index (χ0n) is 10.5. The second-order valence-corrected chi connectivity index (χ2v) is 4.52. The summed E-state index contributed by atoms with van der Waals surface area (Å²) < 4.78 is 5.23. The molecule has 1 saturated heterocycles. The summed E-state index contributed by atoms with van der Waals surface area (Å²) in [5.41, 5.74) is 0.190. The minimum atomic E-state index is -0.202. The van der Waals surface area contributed by atoms with E-state index in [1.54, 1.807) is 13.3 Å². The average molecular weight is 250 g/mol. The molecule has 1 unspecified atom stereocenters. The summed E-state index contributed by atoms with van der Waals surface area (Å²) >= 11 is 0. The largest absolute Gasteiger partial charge is 0.383 e. The summed E-state index contributed by atoms with van der Waals surface area (Å²) in [5, 5.41) is 6.28. The van der Waals surface area contributed by atoms with Crippen LogP contribution in [0, 0.1) is 0 Å². The van der Waals surface area contributed by atoms with Gasteiger partial charge in [-0.2, -0.15) is 0 Å². The van der Waals surface area contributed by atoms with Gasteiger partial charge in [-0.05, 0) is 19.4 Å². The first-order chi connectivity index (χ1) is 8.76. The van der Waals surface area contributed by atoms with Gasteiger partial charge < -0.3 is 15.4 Å². The Kier molecular flexibility index (Phi) is 4.22. The molecule has 6 heteroatoms. The molecule has 1 amide bonds. The Morgan fingerprint density at radius 3 is 3.11 bits per heavy atom. The van der Waals surface area contributed by atoms with Gasteiger partial charge in [-0.25, -0.2) is 4.98 Å². The molecule has 1 aromatic rings. The third-order valence-electron chi connectivity index (χ3n) is 3.14. The van der Waals surface area contributed by atoms with Crippen LogP contribution in [0.2, 0.25) is 0 Å². The molecule has 0 spiro atoms. The van der Waals surface area contributed by atoms with Gasteiger partial charge in [0, 0.05) is 26.0 Å². The van der Waals surface area contributed by atoms with Crippen LogP contribution in [0.25, 0.3) is 0 Å². The lowest BCUT2D eigenvalue weighted by atomic mass is 9.98. The molecule has 0 radical (unpaired) electrons. The summed E-state index contributed by atoms with van der Waals surface area (Å²) in [5.74, 6) is -0.202. The van der Waals surface area contributed by atoms with Crippen molar-refractivity contribution in [1.29, 1.82) is 0 Å². The van der Waals surface area contributed by atoms with E-state index in [4.69, 9.17) is 4.74 Å². The lowest BCUT2D eigenvalue weighted by Gasteiger charge is -2.28. The molecule has 18 heavy (non-hydrogen) atoms. The Morgan fingerprint density at radius 1 is 1.61 bits per heavy atom. The maximum Gasteiger partial charge on any atom is 0.271 e. The van der Waals surface area contributed by atoms with Crippen molar-refractivity contribution in [2.45, 2.75) is 18.4 Å². The van der Waals surface area contributed by atoms with E-state index in [1.165, 1.54) is 12.4 Å². The van der Waals surface area contributed by atoms with Crippen molar-refractivity contribution in [1.82, 2.24) is 20.6 Å². The van der Waals surface area contributed by atoms with E-state index >= 15 is 0 Å². The highest BCUT2D eigenvalue weighted by Crippen LogP contribution is 2.18. The molecule has 98 valence electrons. The summed E-state index contributed by atoms with van der Waals surface area (Å²) in [6.07, 6.45) is 6.61. The highest BCUT2D eigenvalue weighted by Gasteiger charge is 2.33. The fourth-order valence-corrected chi connectivity index (χ4v) is 2.23. The van der Waals surface area contributed by atoms with E-state index in [0.717, 1.165) is 19.4 Å². The summed E-state index contributed by atoms with van der Waals surface area (Å²) in [6, 6.07) is 0. The summed E-state index contributed by atoms with van der Waals surface area (Å²) in [7, 11) is 1.67. The van der Waals surface area contributed by atoms with Crippen molar-refractivity contribution in [3.8, 4) is 0 Å². The van der Waals surface area contributed by atoms with Crippen LogP contribution in [0.4, 0.5) is 0 Å². The van der Waals surface area contributed by atoms with Crippen LogP contribution < -0.4 is 10.6 Å². The number of carbonyl (C=O) groups is 1. The van der Waals surface area contributed by atoms with Crippen LogP contribution in [0.1, 0.15) is 23.3 Å². The van der Waals surface area contributed by atoms with E-state index < -0.39 is 0 Å². The molecule has 0 saturated carbocycles. The topological polar surface area (TPSA) is 76.1 Å². The van der Waals surface area contributed by atoms with Gasteiger partial charge in [-0.3, -0.25) is 9.78 Å². The molecule has 2 heterocycles. The zero-order chi connectivity index (χ0) is 12.8. The van der Waals surface area contributed by atoms with Crippen LogP contribution in [-0.4, -0.2) is 48.2 Å². The lowest BCUT2D eigenvalue weighted by molar-refractivity contribution is 0.0887. The third-order valence-corrected chi connectivity index (χ3v) is 3.14. The van der Waals surface area contributed by atoms with Gasteiger partial charge in [-0.15, -0.1) is 0 Å². The third kappa shape index (κ3) is 3.02. The molecule has 0 bridgehead atoms. The van der Waals surface area contributed by atoms with Gasteiger partial charge in [0.2, 0.25) is 0 Å². The molecule has 2 rings (SSSR count). The van der Waals surface area contributed by atoms with Crippen molar-refractivity contribution in [2.75, 3.05) is 26.8 Å². The SMILES string of the molecule is COCC1(CNC(=O)c2cnccn2)CCCN1. The number of nitrogens with zero attached hydrogens (tertiary/aromatic N) is 2. The minimum Gasteiger partial charge on any atom is -0.383 e. The Hall–Kier alpha value is -1.53. The van der Waals surface area contributed by atoms with E-state index in [2.05, 4.69) is 20.6 Å². The van der Waals surface area contributed by atoms with Crippen molar-refractivity contribution in [3.05, 3.63) is 24.3 Å². The van der Waals surface area contributed by atoms with E-state index in [1.807, 2.05) is 0 Å². The van der Waals surface area contributed by atoms with Gasteiger partial charge in [0.05, 0.1) is 18.3 Å². The molecule has 1 atom stereocenters. The molecule has 6 nitrogen and oxygen atoms in total. The van der Waals surface area contributed by atoms with Crippen LogP contribution in [0.5, 0.6) is 0 Å². The van der Waals surface area contributed by atoms with Crippen LogP contribution in [-0.2, 0) is 4.74 Å². The van der Waals surface area contributed by atoms with Crippen molar-refractivity contribution in [3.63, 3.8) is 0 Å². The monoisotopic (exact) mass is 250 g/mol. The van der Waals surface area contributed by atoms with Gasteiger partial charge in [-0.1, -0.05) is 0 Å². The maximum absolute atomic E-state index is 11.9. The van der Waals surface area contributed by atoms with Crippen molar-refractivity contribution >= 4 is 5.91 Å². The smallest absolute Gasteiger partial charge is 0.271 e. The Balaban J connectivity index is 1.92. The number of carbonyl (C=O) groups excluding carboxylic acids is 1. The second-order valence-electron chi connectivity index (χ2n) is 4.52. The molecule has 2 N–H and O–H groups in total. The molecule has 1 aliphatic rings. The summed E-state index contributed by atoms with van der Waals surface area (Å²) in [6.45, 7) is 2.09. The number of aromatic nitrogens is 2. The number of hydrogen-bond acceptors (Lipinski definition) is 5. The summed E-state index contributed by atoms with van der Waals surface area (Å²) in [4.78, 5) is 19.7. The molecule has 1 fully saturated rings. The average Bonchev–Trinajstić information content (AvgIpc) is 2.87. The zero-order valence-corrected chi connectivity index (χ0v) is 10.5. The van der Waals surface area contributed by atoms with Gasteiger partial charge in [0.25, 0.3) is 5.91 Å². The van der Waals surface area contributed by atoms with E-state index in [9.17, 15) is 4.79 Å². The maximum atomic E-state index is 11.9. The van der Waals surface area contributed by atoms with Gasteiger partial charge in [0.15, 0.2) is 0 Å². The number of amides is 1. The number of hydrogen-bond donors (Lipinski definition) is 2. The molecule has 1 aromatic heterocycles. The first-order valence-corrected chi connectivity index (χ1v) is 6.04. The van der Waals surface area contributed by atoms with Crippen LogP contribution in [0.15, 0.2) is 18.6 Å². The van der Waals surface area contributed by atoms with Crippen LogP contribution in [0.3, 0.4) is 0 Å². The highest BCUT2D eigenvalue weighted by atomic mass is 16.5. The fraction of sp³-hybridized carbons (Fsp3) is 0.583. The minimum absolute atomic E-state index is 0.146. The number of rotatable bonds is 5. The Morgan fingerprint density at radius 2 is 2.50 bits per heavy atom. The van der Waals surface area contributed by atoms with Gasteiger partial charge in [0.1, 0.15) is 5.69 Å². The molecular weight excluding hydrogens is 232 g/mol. The quantitative estimate of drug-likeness (QED) is 0.768. The standard InChI is InChI=1S/C12H18N4O2/c1-18-9-12(3-2-4-16-12)8-15-11(17)10-7-13-5-6-14-10/h5-7,16H,2-4,8-9H2,1H3,(H,15,17). The molecule has 0 aliphatic carbocycles. The highest BCUT2D eigenvalue weighted by molar-refractivity contribution is 5.91. The number of methoxy groups -OCH3 is 1. The van der Waals surface area contributed by atoms with E-state index in [-0.39, 0.29) is 11.4 Å². The first-order valence-electron chi connectivity index (χ1n) is 6.04. The van der Waals surface area contributed by atoms with Crippen molar-refractivity contribution < 1.29 is 9.53 Å². The molecule has 0 aromatic carbocycles. The molecule has 1 aliphatic heterocycles. The van der Waals surface area contributed by atoms with Crippen LogP contribution >= 0.6 is 0 Å². The Labute approximate surface area is 106 Å². The predicted molar refractivity (Wildman–Crippen MR) is 66.2 cm³/mol. The normalized spacial score (nSPS) is 22.9.